The lowest BCUT2D eigenvalue weighted by atomic mass is 10.0. The molecule has 0 spiro atoms. The fourth-order valence-electron chi connectivity index (χ4n) is 2.20. The fourth-order valence-corrected chi connectivity index (χ4v) is 3.47. The highest BCUT2D eigenvalue weighted by Gasteiger charge is 2.21. The van der Waals surface area contributed by atoms with Crippen molar-refractivity contribution in [2.45, 2.75) is 31.7 Å². The Morgan fingerprint density at radius 2 is 1.90 bits per heavy atom. The molecule has 0 fully saturated rings. The summed E-state index contributed by atoms with van der Waals surface area (Å²) in [5, 5.41) is 0. The molecule has 0 bridgehead atoms. The summed E-state index contributed by atoms with van der Waals surface area (Å²) in [5.74, 6) is 0. The van der Waals surface area contributed by atoms with Gasteiger partial charge in [0.05, 0.1) is 0 Å². The van der Waals surface area contributed by atoms with Crippen molar-refractivity contribution in [3.05, 3.63) is 63.6 Å². The van der Waals surface area contributed by atoms with Gasteiger partial charge in [-0.25, -0.2) is 13.1 Å². The Morgan fingerprint density at radius 3 is 2.57 bits per heavy atom. The Labute approximate surface area is 124 Å². The van der Waals surface area contributed by atoms with Crippen molar-refractivity contribution in [1.29, 1.82) is 0 Å². The van der Waals surface area contributed by atoms with E-state index in [0.29, 0.717) is 0 Å². The van der Waals surface area contributed by atoms with Crippen LogP contribution in [0.5, 0.6) is 0 Å². The van der Waals surface area contributed by atoms with Gasteiger partial charge in [-0.1, -0.05) is 23.8 Å². The molecule has 2 aromatic rings. The minimum Gasteiger partial charge on any atom is -0.366 e. The Kier molecular flexibility index (Phi) is 4.29. The summed E-state index contributed by atoms with van der Waals surface area (Å²) in [6.45, 7) is 5.64. The van der Waals surface area contributed by atoms with Crippen LogP contribution in [0.15, 0.2) is 46.3 Å². The van der Waals surface area contributed by atoms with Gasteiger partial charge in [0.1, 0.15) is 4.90 Å². The van der Waals surface area contributed by atoms with Crippen molar-refractivity contribution in [2.75, 3.05) is 0 Å². The minimum atomic E-state index is -3.86. The number of H-pyrrole nitrogens is 1. The zero-order valence-electron chi connectivity index (χ0n) is 12.2. The van der Waals surface area contributed by atoms with E-state index in [-0.39, 0.29) is 4.90 Å². The molecule has 2 N–H and O–H groups in total. The number of rotatable bonds is 4. The van der Waals surface area contributed by atoms with Crippen molar-refractivity contribution < 1.29 is 8.42 Å². The van der Waals surface area contributed by atoms with Crippen LogP contribution in [0, 0.1) is 13.8 Å². The minimum absolute atomic E-state index is 0.276. The van der Waals surface area contributed by atoms with Crippen LogP contribution in [0.2, 0.25) is 0 Å². The first-order valence-corrected chi connectivity index (χ1v) is 8.06. The first kappa shape index (κ1) is 15.5. The van der Waals surface area contributed by atoms with Gasteiger partial charge in [0.2, 0.25) is 15.5 Å². The number of sulfonamides is 1. The van der Waals surface area contributed by atoms with E-state index < -0.39 is 21.5 Å². The number of benzene rings is 1. The van der Waals surface area contributed by atoms with Crippen molar-refractivity contribution in [3.63, 3.8) is 0 Å². The Morgan fingerprint density at radius 1 is 1.19 bits per heavy atom. The van der Waals surface area contributed by atoms with E-state index in [1.54, 1.807) is 6.92 Å². The molecule has 0 radical (unpaired) electrons. The van der Waals surface area contributed by atoms with E-state index in [1.165, 1.54) is 18.5 Å². The van der Waals surface area contributed by atoms with E-state index in [9.17, 15) is 13.2 Å². The van der Waals surface area contributed by atoms with E-state index in [4.69, 9.17) is 0 Å². The SMILES string of the molecule is Cc1ccc(C)c(C(C)NS(=O)(=O)c2c[nH]ccc2=O)c1. The van der Waals surface area contributed by atoms with Gasteiger partial charge in [-0.3, -0.25) is 4.79 Å². The summed E-state index contributed by atoms with van der Waals surface area (Å²) in [5.41, 5.74) is 2.41. The summed E-state index contributed by atoms with van der Waals surface area (Å²) in [6, 6.07) is 6.64. The molecule has 1 atom stereocenters. The predicted octanol–water partition coefficient (Wildman–Crippen LogP) is 2.03. The first-order chi connectivity index (χ1) is 9.81. The quantitative estimate of drug-likeness (QED) is 0.907. The molecule has 5 nitrogen and oxygen atoms in total. The number of aryl methyl sites for hydroxylation is 2. The van der Waals surface area contributed by atoms with Gasteiger partial charge in [0.15, 0.2) is 0 Å². The van der Waals surface area contributed by atoms with Crippen LogP contribution >= 0.6 is 0 Å². The molecule has 1 heterocycles. The van der Waals surface area contributed by atoms with Gasteiger partial charge in [-0.2, -0.15) is 0 Å². The third kappa shape index (κ3) is 3.40. The molecule has 0 aliphatic rings. The van der Waals surface area contributed by atoms with E-state index in [2.05, 4.69) is 9.71 Å². The third-order valence-electron chi connectivity index (χ3n) is 3.31. The van der Waals surface area contributed by atoms with Crippen molar-refractivity contribution in [1.82, 2.24) is 9.71 Å². The molecular weight excluding hydrogens is 288 g/mol. The summed E-state index contributed by atoms with van der Waals surface area (Å²) < 4.78 is 27.2. The number of nitrogens with one attached hydrogen (secondary N) is 2. The zero-order chi connectivity index (χ0) is 15.6. The average Bonchev–Trinajstić information content (AvgIpc) is 2.41. The second kappa shape index (κ2) is 5.83. The molecule has 0 saturated carbocycles. The lowest BCUT2D eigenvalue weighted by Gasteiger charge is -2.17. The van der Waals surface area contributed by atoms with Gasteiger partial charge >= 0.3 is 0 Å². The summed E-state index contributed by atoms with van der Waals surface area (Å²) in [7, 11) is -3.86. The molecule has 0 aliphatic carbocycles. The molecule has 2 rings (SSSR count). The Hall–Kier alpha value is -1.92. The normalized spacial score (nSPS) is 13.1. The second-order valence-electron chi connectivity index (χ2n) is 5.08. The van der Waals surface area contributed by atoms with E-state index >= 15 is 0 Å². The molecule has 0 amide bonds. The van der Waals surface area contributed by atoms with Crippen molar-refractivity contribution >= 4 is 10.0 Å². The molecule has 21 heavy (non-hydrogen) atoms. The zero-order valence-corrected chi connectivity index (χ0v) is 13.0. The number of aromatic amines is 1. The monoisotopic (exact) mass is 306 g/mol. The predicted molar refractivity (Wildman–Crippen MR) is 81.7 cm³/mol. The molecule has 1 aromatic carbocycles. The lowest BCUT2D eigenvalue weighted by Crippen LogP contribution is -2.31. The van der Waals surface area contributed by atoms with Gasteiger partial charge in [-0.15, -0.1) is 0 Å². The maximum atomic E-state index is 12.3. The van der Waals surface area contributed by atoms with Gasteiger partial charge in [-0.05, 0) is 31.9 Å². The largest absolute Gasteiger partial charge is 0.366 e. The summed E-state index contributed by atoms with van der Waals surface area (Å²) in [4.78, 5) is 14.0. The van der Waals surface area contributed by atoms with Crippen molar-refractivity contribution in [3.8, 4) is 0 Å². The molecule has 0 aliphatic heterocycles. The smallest absolute Gasteiger partial charge is 0.246 e. The maximum absolute atomic E-state index is 12.3. The molecular formula is C15H18N2O3S. The number of hydrogen-bond donors (Lipinski definition) is 2. The number of hydrogen-bond acceptors (Lipinski definition) is 3. The van der Waals surface area contributed by atoms with Crippen LogP contribution < -0.4 is 10.2 Å². The number of aromatic nitrogens is 1. The number of pyridine rings is 1. The molecule has 0 saturated heterocycles. The molecule has 1 aromatic heterocycles. The van der Waals surface area contributed by atoms with Crippen LogP contribution in [0.1, 0.15) is 29.7 Å². The van der Waals surface area contributed by atoms with Crippen LogP contribution in [0.25, 0.3) is 0 Å². The topological polar surface area (TPSA) is 79.0 Å². The van der Waals surface area contributed by atoms with Gasteiger partial charge in [0.25, 0.3) is 0 Å². The lowest BCUT2D eigenvalue weighted by molar-refractivity contribution is 0.565. The standard InChI is InChI=1S/C15H18N2O3S/c1-10-4-5-11(2)13(8-10)12(3)17-21(19,20)15-9-16-7-6-14(15)18/h4-9,12,17H,1-3H3,(H,16,18). The van der Waals surface area contributed by atoms with Crippen LogP contribution in [-0.2, 0) is 10.0 Å². The highest BCUT2D eigenvalue weighted by molar-refractivity contribution is 7.89. The molecule has 112 valence electrons. The Balaban J connectivity index is 2.35. The van der Waals surface area contributed by atoms with Crippen LogP contribution in [-0.4, -0.2) is 13.4 Å². The van der Waals surface area contributed by atoms with Gasteiger partial charge < -0.3 is 4.98 Å². The third-order valence-corrected chi connectivity index (χ3v) is 4.87. The average molecular weight is 306 g/mol. The fraction of sp³-hybridized carbons (Fsp3) is 0.267. The first-order valence-electron chi connectivity index (χ1n) is 6.58. The summed E-state index contributed by atoms with van der Waals surface area (Å²) in [6.07, 6.45) is 2.59. The highest BCUT2D eigenvalue weighted by Crippen LogP contribution is 2.20. The summed E-state index contributed by atoms with van der Waals surface area (Å²) >= 11 is 0. The van der Waals surface area contributed by atoms with Gasteiger partial charge in [0, 0.05) is 24.5 Å². The van der Waals surface area contributed by atoms with E-state index in [0.717, 1.165) is 16.7 Å². The second-order valence-corrected chi connectivity index (χ2v) is 6.76. The molecule has 1 unspecified atom stereocenters. The highest BCUT2D eigenvalue weighted by atomic mass is 32.2. The Bertz CT molecular complexity index is 810. The van der Waals surface area contributed by atoms with Crippen LogP contribution in [0.4, 0.5) is 0 Å². The molecule has 6 heteroatoms. The van der Waals surface area contributed by atoms with Crippen LogP contribution in [0.3, 0.4) is 0 Å². The van der Waals surface area contributed by atoms with E-state index in [1.807, 2.05) is 32.0 Å². The van der Waals surface area contributed by atoms with Crippen molar-refractivity contribution in [2.24, 2.45) is 0 Å². The maximum Gasteiger partial charge on any atom is 0.246 e.